The molecule has 0 saturated carbocycles. The van der Waals surface area contributed by atoms with Gasteiger partial charge in [-0.05, 0) is 32.9 Å². The highest BCUT2D eigenvalue weighted by atomic mass is 32.2. The number of thioether (sulfide) groups is 1. The number of guanidine groups is 1. The first-order chi connectivity index (χ1) is 12.4. The Morgan fingerprint density at radius 3 is 2.65 bits per heavy atom. The predicted octanol–water partition coefficient (Wildman–Crippen LogP) is 2.28. The van der Waals surface area contributed by atoms with Crippen LogP contribution in [0.2, 0.25) is 0 Å². The van der Waals surface area contributed by atoms with Gasteiger partial charge >= 0.3 is 0 Å². The highest BCUT2D eigenvalue weighted by Crippen LogP contribution is 2.20. The zero-order valence-corrected chi connectivity index (χ0v) is 16.8. The summed E-state index contributed by atoms with van der Waals surface area (Å²) in [6.07, 6.45) is 3.49. The molecule has 1 atom stereocenters. The highest BCUT2D eigenvalue weighted by Gasteiger charge is 2.24. The molecule has 0 fully saturated rings. The smallest absolute Gasteiger partial charge is 0.191 e. The summed E-state index contributed by atoms with van der Waals surface area (Å²) in [5.41, 5.74) is 0.983. The molecule has 0 bridgehead atoms. The van der Waals surface area contributed by atoms with E-state index in [1.54, 1.807) is 29.6 Å². The molecule has 0 aliphatic heterocycles. The number of hydrogen-bond donors (Lipinski definition) is 3. The van der Waals surface area contributed by atoms with Crippen LogP contribution in [0.1, 0.15) is 25.0 Å². The summed E-state index contributed by atoms with van der Waals surface area (Å²) in [7, 11) is 1.83. The summed E-state index contributed by atoms with van der Waals surface area (Å²) in [5, 5.41) is 21.3. The fraction of sp³-hybridized carbons (Fsp3) is 0.474. The number of nitrogens with zero attached hydrogens (tertiary/aromatic N) is 3. The van der Waals surface area contributed by atoms with Crippen molar-refractivity contribution >= 4 is 17.7 Å². The van der Waals surface area contributed by atoms with E-state index < -0.39 is 5.60 Å². The van der Waals surface area contributed by atoms with Gasteiger partial charge in [0, 0.05) is 42.5 Å². The Hall–Kier alpha value is -1.99. The van der Waals surface area contributed by atoms with Gasteiger partial charge in [0.15, 0.2) is 5.96 Å². The third-order valence-corrected chi connectivity index (χ3v) is 4.91. The molecule has 3 N–H and O–H groups in total. The number of nitrogens with one attached hydrogen (secondary N) is 2. The summed E-state index contributed by atoms with van der Waals surface area (Å²) in [6.45, 7) is 7.70. The van der Waals surface area contributed by atoms with Crippen LogP contribution in [-0.2, 0) is 12.6 Å². The summed E-state index contributed by atoms with van der Waals surface area (Å²) in [5.74, 6) is 1.65. The second-order valence-electron chi connectivity index (χ2n) is 6.46. The molecule has 1 aromatic heterocycles. The number of aliphatic imine (C=N–C) groups is 1. The van der Waals surface area contributed by atoms with Crippen LogP contribution in [0, 0.1) is 6.92 Å². The molecule has 0 spiro atoms. The molecule has 2 aromatic rings. The van der Waals surface area contributed by atoms with Crippen LogP contribution >= 0.6 is 11.8 Å². The number of rotatable bonds is 8. The van der Waals surface area contributed by atoms with E-state index in [0.29, 0.717) is 5.96 Å². The first-order valence-electron chi connectivity index (χ1n) is 8.84. The lowest BCUT2D eigenvalue weighted by Gasteiger charge is -2.20. The fourth-order valence-corrected chi connectivity index (χ4v) is 3.11. The molecule has 0 aliphatic rings. The van der Waals surface area contributed by atoms with Gasteiger partial charge in [0.05, 0.1) is 12.7 Å². The van der Waals surface area contributed by atoms with Crippen LogP contribution < -0.4 is 10.6 Å². The summed E-state index contributed by atoms with van der Waals surface area (Å²) in [6, 6.07) is 8.54. The van der Waals surface area contributed by atoms with Gasteiger partial charge in [-0.15, -0.1) is 11.8 Å². The van der Waals surface area contributed by atoms with Crippen LogP contribution in [0.5, 0.6) is 0 Å². The molecule has 0 saturated heterocycles. The quantitative estimate of drug-likeness (QED) is 0.286. The third kappa shape index (κ3) is 6.38. The standard InChI is InChI=1S/C19H29N5OS/c1-5-20-18(21-10-11-26-17-8-6-15(2)7-9-17)22-14-19(3,25)16-12-23-24(4)13-16/h6-9,12-13,25H,5,10-11,14H2,1-4H3,(H2,20,21,22). The van der Waals surface area contributed by atoms with Crippen LogP contribution in [0.25, 0.3) is 0 Å². The minimum Gasteiger partial charge on any atom is -0.383 e. The number of benzene rings is 1. The van der Waals surface area contributed by atoms with Crippen LogP contribution in [0.3, 0.4) is 0 Å². The van der Waals surface area contributed by atoms with E-state index in [2.05, 4.69) is 51.9 Å². The van der Waals surface area contributed by atoms with Crippen molar-refractivity contribution in [3.63, 3.8) is 0 Å². The van der Waals surface area contributed by atoms with E-state index in [-0.39, 0.29) is 6.54 Å². The molecule has 1 aromatic carbocycles. The van der Waals surface area contributed by atoms with E-state index in [9.17, 15) is 5.11 Å². The molecular weight excluding hydrogens is 346 g/mol. The zero-order chi connectivity index (χ0) is 19.0. The molecule has 6 nitrogen and oxygen atoms in total. The Labute approximate surface area is 160 Å². The molecule has 26 heavy (non-hydrogen) atoms. The Balaban J connectivity index is 1.84. The van der Waals surface area contributed by atoms with Crippen molar-refractivity contribution in [1.29, 1.82) is 0 Å². The van der Waals surface area contributed by atoms with Crippen LogP contribution in [0.4, 0.5) is 0 Å². The van der Waals surface area contributed by atoms with E-state index in [0.717, 1.165) is 24.4 Å². The maximum absolute atomic E-state index is 10.6. The average Bonchev–Trinajstić information content (AvgIpc) is 3.05. The van der Waals surface area contributed by atoms with Gasteiger partial charge in [-0.1, -0.05) is 17.7 Å². The lowest BCUT2D eigenvalue weighted by Crippen LogP contribution is -2.39. The predicted molar refractivity (Wildman–Crippen MR) is 109 cm³/mol. The Morgan fingerprint density at radius 1 is 1.31 bits per heavy atom. The summed E-state index contributed by atoms with van der Waals surface area (Å²) in [4.78, 5) is 5.79. The van der Waals surface area contributed by atoms with Crippen molar-refractivity contribution in [3.8, 4) is 0 Å². The first-order valence-corrected chi connectivity index (χ1v) is 9.82. The lowest BCUT2D eigenvalue weighted by atomic mass is 10.0. The van der Waals surface area contributed by atoms with Gasteiger partial charge in [0.2, 0.25) is 0 Å². The minimum atomic E-state index is -1.05. The third-order valence-electron chi connectivity index (χ3n) is 3.90. The van der Waals surface area contributed by atoms with Crippen molar-refractivity contribution in [2.45, 2.75) is 31.3 Å². The van der Waals surface area contributed by atoms with E-state index in [1.165, 1.54) is 10.5 Å². The summed E-state index contributed by atoms with van der Waals surface area (Å²) < 4.78 is 1.68. The molecule has 0 radical (unpaired) electrons. The van der Waals surface area contributed by atoms with E-state index >= 15 is 0 Å². The van der Waals surface area contributed by atoms with Crippen LogP contribution in [0.15, 0.2) is 46.5 Å². The minimum absolute atomic E-state index is 0.263. The average molecular weight is 376 g/mol. The van der Waals surface area contributed by atoms with Crippen molar-refractivity contribution in [2.75, 3.05) is 25.4 Å². The Morgan fingerprint density at radius 2 is 2.04 bits per heavy atom. The molecule has 0 amide bonds. The van der Waals surface area contributed by atoms with Gasteiger partial charge in [-0.3, -0.25) is 4.68 Å². The van der Waals surface area contributed by atoms with Crippen LogP contribution in [-0.4, -0.2) is 46.2 Å². The molecule has 7 heteroatoms. The normalized spacial score (nSPS) is 14.1. The topological polar surface area (TPSA) is 74.5 Å². The highest BCUT2D eigenvalue weighted by molar-refractivity contribution is 7.99. The van der Waals surface area contributed by atoms with Crippen molar-refractivity contribution in [2.24, 2.45) is 12.0 Å². The SMILES string of the molecule is CCNC(=NCC(C)(O)c1cnn(C)c1)NCCSc1ccc(C)cc1. The maximum atomic E-state index is 10.6. The van der Waals surface area contributed by atoms with Gasteiger partial charge in [0.25, 0.3) is 0 Å². The molecular formula is C19H29N5OS. The monoisotopic (exact) mass is 375 g/mol. The molecule has 142 valence electrons. The molecule has 2 rings (SSSR count). The number of aryl methyl sites for hydroxylation is 2. The lowest BCUT2D eigenvalue weighted by molar-refractivity contribution is 0.0672. The molecule has 1 unspecified atom stereocenters. The number of aromatic nitrogens is 2. The van der Waals surface area contributed by atoms with Gasteiger partial charge in [-0.2, -0.15) is 5.10 Å². The fourth-order valence-electron chi connectivity index (χ4n) is 2.34. The first kappa shape index (κ1) is 20.3. The summed E-state index contributed by atoms with van der Waals surface area (Å²) >= 11 is 1.81. The molecule has 1 heterocycles. The Bertz CT molecular complexity index is 709. The van der Waals surface area contributed by atoms with Gasteiger partial charge < -0.3 is 15.7 Å². The van der Waals surface area contributed by atoms with E-state index in [4.69, 9.17) is 0 Å². The van der Waals surface area contributed by atoms with Crippen molar-refractivity contribution in [1.82, 2.24) is 20.4 Å². The number of hydrogen-bond acceptors (Lipinski definition) is 4. The van der Waals surface area contributed by atoms with Gasteiger partial charge in [-0.25, -0.2) is 4.99 Å². The second kappa shape index (κ2) is 9.64. The van der Waals surface area contributed by atoms with Gasteiger partial charge in [0.1, 0.15) is 5.60 Å². The maximum Gasteiger partial charge on any atom is 0.191 e. The van der Waals surface area contributed by atoms with Crippen molar-refractivity contribution in [3.05, 3.63) is 47.8 Å². The Kier molecular flexibility index (Phi) is 7.53. The largest absolute Gasteiger partial charge is 0.383 e. The second-order valence-corrected chi connectivity index (χ2v) is 7.63. The molecule has 0 aliphatic carbocycles. The zero-order valence-electron chi connectivity index (χ0n) is 16.0. The number of aliphatic hydroxyl groups is 1. The van der Waals surface area contributed by atoms with E-state index in [1.807, 2.05) is 20.2 Å². The van der Waals surface area contributed by atoms with Crippen molar-refractivity contribution < 1.29 is 5.11 Å².